The highest BCUT2D eigenvalue weighted by Crippen LogP contribution is 2.22. The molecule has 2 atom stereocenters. The summed E-state index contributed by atoms with van der Waals surface area (Å²) in [4.78, 5) is 13.6. The number of nitrogens with zero attached hydrogens (tertiary/aromatic N) is 1. The second-order valence-corrected chi connectivity index (χ2v) is 5.35. The number of rotatable bonds is 2. The van der Waals surface area contributed by atoms with E-state index in [1.807, 2.05) is 27.7 Å². The van der Waals surface area contributed by atoms with Gasteiger partial charge in [0, 0.05) is 6.04 Å². The predicted molar refractivity (Wildman–Crippen MR) is 65.6 cm³/mol. The van der Waals surface area contributed by atoms with Crippen molar-refractivity contribution >= 4 is 6.09 Å². The molecule has 0 bridgehead atoms. The number of carbonyl (C=O) groups excluding carboxylic acids is 1. The lowest BCUT2D eigenvalue weighted by molar-refractivity contribution is 0.0196. The second kappa shape index (κ2) is 5.42. The van der Waals surface area contributed by atoms with Crippen molar-refractivity contribution in [1.82, 2.24) is 4.90 Å². The summed E-state index contributed by atoms with van der Waals surface area (Å²) in [6.07, 6.45) is 5.69. The fraction of sp³-hybridized carbons (Fsp3) is 0.769. The van der Waals surface area contributed by atoms with E-state index < -0.39 is 5.60 Å². The van der Waals surface area contributed by atoms with Crippen molar-refractivity contribution in [2.45, 2.75) is 51.9 Å². The highest BCUT2D eigenvalue weighted by Gasteiger charge is 2.35. The maximum absolute atomic E-state index is 11.9. The van der Waals surface area contributed by atoms with Crippen molar-refractivity contribution in [2.24, 2.45) is 0 Å². The minimum atomic E-state index is -0.464. The Kier molecular flexibility index (Phi) is 4.41. The number of amides is 1. The van der Waals surface area contributed by atoms with Crippen LogP contribution in [0.4, 0.5) is 4.79 Å². The van der Waals surface area contributed by atoms with Gasteiger partial charge in [-0.15, -0.1) is 6.42 Å². The molecule has 4 nitrogen and oxygen atoms in total. The normalized spacial score (nSPS) is 24.5. The molecule has 17 heavy (non-hydrogen) atoms. The zero-order chi connectivity index (χ0) is 13.1. The molecule has 0 aromatic carbocycles. The van der Waals surface area contributed by atoms with Gasteiger partial charge < -0.3 is 14.4 Å². The number of hydrogen-bond acceptors (Lipinski definition) is 3. The topological polar surface area (TPSA) is 38.8 Å². The van der Waals surface area contributed by atoms with E-state index in [-0.39, 0.29) is 18.2 Å². The van der Waals surface area contributed by atoms with E-state index in [1.54, 1.807) is 4.90 Å². The van der Waals surface area contributed by atoms with E-state index in [0.29, 0.717) is 13.2 Å². The zero-order valence-electron chi connectivity index (χ0n) is 11.0. The Morgan fingerprint density at radius 3 is 2.71 bits per heavy atom. The number of ether oxygens (including phenoxy) is 2. The molecular formula is C13H21NO3. The summed E-state index contributed by atoms with van der Waals surface area (Å²) < 4.78 is 10.8. The molecule has 0 radical (unpaired) electrons. The number of terminal acetylenes is 1. The summed E-state index contributed by atoms with van der Waals surface area (Å²) in [5, 5.41) is 0. The number of carbonyl (C=O) groups is 1. The van der Waals surface area contributed by atoms with Crippen molar-refractivity contribution in [3.8, 4) is 12.3 Å². The van der Waals surface area contributed by atoms with Gasteiger partial charge in [0.15, 0.2) is 0 Å². The lowest BCUT2D eigenvalue weighted by Crippen LogP contribution is -2.39. The summed E-state index contributed by atoms with van der Waals surface area (Å²) in [6.45, 7) is 8.41. The van der Waals surface area contributed by atoms with Crippen LogP contribution in [0.15, 0.2) is 0 Å². The van der Waals surface area contributed by atoms with Crippen LogP contribution < -0.4 is 0 Å². The van der Waals surface area contributed by atoms with Crippen LogP contribution in [0, 0.1) is 12.3 Å². The molecule has 0 saturated carbocycles. The smallest absolute Gasteiger partial charge is 0.410 e. The third-order valence-electron chi connectivity index (χ3n) is 2.57. The molecule has 1 aliphatic heterocycles. The van der Waals surface area contributed by atoms with Crippen LogP contribution in [0.3, 0.4) is 0 Å². The Labute approximate surface area is 103 Å². The van der Waals surface area contributed by atoms with Crippen LogP contribution in [-0.4, -0.2) is 41.9 Å². The third-order valence-corrected chi connectivity index (χ3v) is 2.57. The van der Waals surface area contributed by atoms with Crippen LogP contribution >= 0.6 is 0 Å². The Hall–Kier alpha value is -1.21. The van der Waals surface area contributed by atoms with Crippen molar-refractivity contribution in [2.75, 3.05) is 13.2 Å². The van der Waals surface area contributed by atoms with Gasteiger partial charge in [0.1, 0.15) is 12.2 Å². The quantitative estimate of drug-likeness (QED) is 0.692. The second-order valence-electron chi connectivity index (χ2n) is 5.35. The van der Waals surface area contributed by atoms with Gasteiger partial charge in [-0.2, -0.15) is 0 Å². The van der Waals surface area contributed by atoms with Crippen molar-refractivity contribution in [3.05, 3.63) is 0 Å². The first-order valence-corrected chi connectivity index (χ1v) is 5.88. The SMILES string of the molecule is C#CCO[C@@H]1C[C@@H](C)N(C(=O)OC(C)(C)C)C1. The molecule has 4 heteroatoms. The summed E-state index contributed by atoms with van der Waals surface area (Å²) in [5.74, 6) is 2.43. The molecule has 1 amide bonds. The molecule has 0 aromatic rings. The predicted octanol–water partition coefficient (Wildman–Crippen LogP) is 2.03. The van der Waals surface area contributed by atoms with Gasteiger partial charge in [0.05, 0.1) is 12.6 Å². The summed E-state index contributed by atoms with van der Waals surface area (Å²) in [5.41, 5.74) is -0.464. The van der Waals surface area contributed by atoms with Crippen LogP contribution in [0.1, 0.15) is 34.1 Å². The van der Waals surface area contributed by atoms with Crippen LogP contribution in [0.2, 0.25) is 0 Å². The summed E-state index contributed by atoms with van der Waals surface area (Å²) >= 11 is 0. The standard InChI is InChI=1S/C13H21NO3/c1-6-7-16-11-8-10(2)14(9-11)12(15)17-13(3,4)5/h1,10-11H,7-9H2,2-5H3/t10-,11-/m1/s1. The highest BCUT2D eigenvalue weighted by molar-refractivity contribution is 5.69. The minimum Gasteiger partial charge on any atom is -0.444 e. The molecule has 1 rings (SSSR count). The van der Waals surface area contributed by atoms with Gasteiger partial charge in [-0.1, -0.05) is 5.92 Å². The van der Waals surface area contributed by atoms with Crippen LogP contribution in [-0.2, 0) is 9.47 Å². The highest BCUT2D eigenvalue weighted by atomic mass is 16.6. The molecule has 0 aromatic heterocycles. The fourth-order valence-corrected chi connectivity index (χ4v) is 1.84. The first kappa shape index (κ1) is 13.9. The van der Waals surface area contributed by atoms with Gasteiger partial charge in [0.25, 0.3) is 0 Å². The van der Waals surface area contributed by atoms with Crippen molar-refractivity contribution in [3.63, 3.8) is 0 Å². The first-order valence-electron chi connectivity index (χ1n) is 5.88. The average molecular weight is 239 g/mol. The maximum atomic E-state index is 11.9. The van der Waals surface area contributed by atoms with E-state index in [0.717, 1.165) is 6.42 Å². The van der Waals surface area contributed by atoms with E-state index in [9.17, 15) is 4.79 Å². The van der Waals surface area contributed by atoms with Gasteiger partial charge in [-0.3, -0.25) is 0 Å². The lowest BCUT2D eigenvalue weighted by atomic mass is 10.2. The zero-order valence-corrected chi connectivity index (χ0v) is 11.0. The molecular weight excluding hydrogens is 218 g/mol. The summed E-state index contributed by atoms with van der Waals surface area (Å²) in [6, 6.07) is 0.132. The van der Waals surface area contributed by atoms with E-state index in [2.05, 4.69) is 5.92 Å². The van der Waals surface area contributed by atoms with Crippen molar-refractivity contribution in [1.29, 1.82) is 0 Å². The maximum Gasteiger partial charge on any atom is 0.410 e. The third kappa shape index (κ3) is 4.27. The van der Waals surface area contributed by atoms with Crippen molar-refractivity contribution < 1.29 is 14.3 Å². The summed E-state index contributed by atoms with van der Waals surface area (Å²) in [7, 11) is 0. The Bertz CT molecular complexity index is 314. The van der Waals surface area contributed by atoms with Crippen LogP contribution in [0.5, 0.6) is 0 Å². The molecule has 0 aliphatic carbocycles. The molecule has 1 heterocycles. The first-order chi connectivity index (χ1) is 7.83. The monoisotopic (exact) mass is 239 g/mol. The minimum absolute atomic E-state index is 0.0218. The van der Waals surface area contributed by atoms with Gasteiger partial charge in [-0.05, 0) is 34.1 Å². The molecule has 1 saturated heterocycles. The Morgan fingerprint density at radius 2 is 2.18 bits per heavy atom. The fourth-order valence-electron chi connectivity index (χ4n) is 1.84. The van der Waals surface area contributed by atoms with E-state index >= 15 is 0 Å². The number of likely N-dealkylation sites (tertiary alicyclic amines) is 1. The Morgan fingerprint density at radius 1 is 1.53 bits per heavy atom. The molecule has 96 valence electrons. The van der Waals surface area contributed by atoms with Gasteiger partial charge in [0.2, 0.25) is 0 Å². The van der Waals surface area contributed by atoms with Gasteiger partial charge in [-0.25, -0.2) is 4.79 Å². The van der Waals surface area contributed by atoms with Gasteiger partial charge >= 0.3 is 6.09 Å². The molecule has 0 spiro atoms. The van der Waals surface area contributed by atoms with E-state index in [1.165, 1.54) is 0 Å². The number of hydrogen-bond donors (Lipinski definition) is 0. The molecule has 1 aliphatic rings. The van der Waals surface area contributed by atoms with E-state index in [4.69, 9.17) is 15.9 Å². The molecule has 0 unspecified atom stereocenters. The largest absolute Gasteiger partial charge is 0.444 e. The average Bonchev–Trinajstić information content (AvgIpc) is 2.54. The lowest BCUT2D eigenvalue weighted by Gasteiger charge is -2.26. The Balaban J connectivity index is 2.50. The van der Waals surface area contributed by atoms with Crippen LogP contribution in [0.25, 0.3) is 0 Å². The molecule has 1 fully saturated rings. The molecule has 0 N–H and O–H groups in total.